The van der Waals surface area contributed by atoms with Crippen LogP contribution in [0.2, 0.25) is 0 Å². The molecule has 1 saturated heterocycles. The van der Waals surface area contributed by atoms with Gasteiger partial charge < -0.3 is 16.0 Å². The maximum Gasteiger partial charge on any atom is 0.223 e. The first-order chi connectivity index (χ1) is 17.5. The van der Waals surface area contributed by atoms with Crippen LogP contribution >= 0.6 is 0 Å². The van der Waals surface area contributed by atoms with E-state index in [0.717, 1.165) is 62.7 Å². The Hall–Kier alpha value is -3.27. The highest BCUT2D eigenvalue weighted by Gasteiger charge is 2.43. The van der Waals surface area contributed by atoms with E-state index in [0.29, 0.717) is 18.9 Å². The molecule has 0 radical (unpaired) electrons. The van der Waals surface area contributed by atoms with Crippen LogP contribution < -0.4 is 11.1 Å². The molecule has 1 heterocycles. The fraction of sp³-hybridized carbons (Fsp3) is 0.406. The van der Waals surface area contributed by atoms with Crippen molar-refractivity contribution >= 4 is 28.6 Å². The van der Waals surface area contributed by atoms with Gasteiger partial charge in [0.15, 0.2) is 0 Å². The van der Waals surface area contributed by atoms with Crippen LogP contribution in [0.25, 0.3) is 11.3 Å². The quantitative estimate of drug-likeness (QED) is 0.342. The number of amides is 1. The van der Waals surface area contributed by atoms with E-state index in [9.17, 15) is 4.79 Å². The molecule has 0 spiro atoms. The zero-order chi connectivity index (χ0) is 25.1. The Bertz CT molecular complexity index is 1210. The van der Waals surface area contributed by atoms with E-state index < -0.39 is 0 Å². The minimum absolute atomic E-state index is 0.0365. The number of rotatable bonds is 10. The van der Waals surface area contributed by atoms with Crippen molar-refractivity contribution in [2.45, 2.75) is 83.7 Å². The lowest BCUT2D eigenvalue weighted by atomic mass is 9.85. The molecule has 3 N–H and O–H groups in total. The van der Waals surface area contributed by atoms with E-state index in [2.05, 4.69) is 78.7 Å². The molecule has 0 aromatic heterocycles. The largest absolute Gasteiger partial charge is 0.397 e. The van der Waals surface area contributed by atoms with Crippen LogP contribution in [0, 0.1) is 0 Å². The average molecular weight is 482 g/mol. The van der Waals surface area contributed by atoms with Gasteiger partial charge in [-0.15, -0.1) is 0 Å². The summed E-state index contributed by atoms with van der Waals surface area (Å²) in [5, 5.41) is 3.68. The summed E-state index contributed by atoms with van der Waals surface area (Å²) >= 11 is 0. The number of anilines is 2. The Morgan fingerprint density at radius 2 is 1.78 bits per heavy atom. The summed E-state index contributed by atoms with van der Waals surface area (Å²) in [6, 6.07) is 15.1. The van der Waals surface area contributed by atoms with E-state index in [1.165, 1.54) is 33.5 Å². The predicted octanol–water partition coefficient (Wildman–Crippen LogP) is 7.69. The Labute approximate surface area is 216 Å². The van der Waals surface area contributed by atoms with Crippen molar-refractivity contribution < 1.29 is 4.79 Å². The highest BCUT2D eigenvalue weighted by molar-refractivity contribution is 5.87. The number of nitrogens with zero attached hydrogens (tertiary/aromatic N) is 1. The average Bonchev–Trinajstić information content (AvgIpc) is 3.49. The number of nitrogens with two attached hydrogens (primary N) is 1. The van der Waals surface area contributed by atoms with Gasteiger partial charge in [-0.3, -0.25) is 4.79 Å². The van der Waals surface area contributed by atoms with Crippen LogP contribution in [0.5, 0.6) is 0 Å². The molecule has 1 aliphatic heterocycles. The second-order valence-corrected chi connectivity index (χ2v) is 10.6. The summed E-state index contributed by atoms with van der Waals surface area (Å²) in [5.74, 6) is 0.311. The van der Waals surface area contributed by atoms with Gasteiger partial charge in [0.1, 0.15) is 0 Å². The summed E-state index contributed by atoms with van der Waals surface area (Å²) in [5.41, 5.74) is 15.7. The standard InChI is InChI=1S/C32H39N3O/c1-3-18-32(19-4-2)20-17-30(36)35(32)22-23-9-11-25(12-10-23)31(26-13-14-26)34-29-21-27(15-16-28(29)33)24-7-5-6-8-24/h5-7,9-12,15-16,21,34H,3-4,8,13-14,17-20,22,33H2,1-2H3. The highest BCUT2D eigenvalue weighted by atomic mass is 16.2. The van der Waals surface area contributed by atoms with Gasteiger partial charge in [0.2, 0.25) is 5.91 Å². The zero-order valence-corrected chi connectivity index (χ0v) is 21.8. The maximum absolute atomic E-state index is 12.9. The van der Waals surface area contributed by atoms with Crippen LogP contribution in [0.1, 0.15) is 88.3 Å². The maximum atomic E-state index is 12.9. The van der Waals surface area contributed by atoms with E-state index in [1.807, 2.05) is 6.07 Å². The van der Waals surface area contributed by atoms with Gasteiger partial charge >= 0.3 is 0 Å². The summed E-state index contributed by atoms with van der Waals surface area (Å²) < 4.78 is 0. The molecule has 188 valence electrons. The van der Waals surface area contributed by atoms with Gasteiger partial charge in [-0.1, -0.05) is 75.2 Å². The Morgan fingerprint density at radius 1 is 1.03 bits per heavy atom. The van der Waals surface area contributed by atoms with Gasteiger partial charge in [0.05, 0.1) is 11.4 Å². The zero-order valence-electron chi connectivity index (χ0n) is 21.8. The molecule has 0 unspecified atom stereocenters. The SMILES string of the molecule is CCCC1(CCC)CCC(=O)N1Cc1ccc(C(Nc2cc(C3=CC=CC3)ccc2N)=C2CC2)cc1. The number of hydrogen-bond acceptors (Lipinski definition) is 3. The van der Waals surface area contributed by atoms with Gasteiger partial charge in [0.25, 0.3) is 0 Å². The lowest BCUT2D eigenvalue weighted by Gasteiger charge is -2.39. The van der Waals surface area contributed by atoms with Crippen molar-refractivity contribution in [3.05, 3.63) is 83.0 Å². The molecule has 2 aliphatic carbocycles. The molecule has 2 aromatic carbocycles. The van der Waals surface area contributed by atoms with Gasteiger partial charge in [-0.2, -0.15) is 0 Å². The Kier molecular flexibility index (Phi) is 7.04. The summed E-state index contributed by atoms with van der Waals surface area (Å²) in [6.45, 7) is 5.17. The molecule has 4 nitrogen and oxygen atoms in total. The third-order valence-corrected chi connectivity index (χ3v) is 8.00. The predicted molar refractivity (Wildman–Crippen MR) is 151 cm³/mol. The Balaban J connectivity index is 1.35. The number of likely N-dealkylation sites (tertiary alicyclic amines) is 1. The topological polar surface area (TPSA) is 58.4 Å². The highest BCUT2D eigenvalue weighted by Crippen LogP contribution is 2.41. The number of nitrogen functional groups attached to an aromatic ring is 1. The molecule has 3 aliphatic rings. The third-order valence-electron chi connectivity index (χ3n) is 8.00. The molecule has 1 amide bonds. The minimum atomic E-state index is 0.0365. The summed E-state index contributed by atoms with van der Waals surface area (Å²) in [4.78, 5) is 15.1. The first-order valence-corrected chi connectivity index (χ1v) is 13.7. The molecule has 2 aromatic rings. The smallest absolute Gasteiger partial charge is 0.223 e. The number of carbonyl (C=O) groups excluding carboxylic acids is 1. The molecule has 0 bridgehead atoms. The normalized spacial score (nSPS) is 18.1. The molecular weight excluding hydrogens is 442 g/mol. The van der Waals surface area contributed by atoms with E-state index >= 15 is 0 Å². The van der Waals surface area contributed by atoms with Crippen molar-refractivity contribution in [2.75, 3.05) is 11.1 Å². The van der Waals surface area contributed by atoms with Crippen molar-refractivity contribution in [3.63, 3.8) is 0 Å². The number of benzene rings is 2. The van der Waals surface area contributed by atoms with Crippen molar-refractivity contribution in [1.29, 1.82) is 0 Å². The fourth-order valence-electron chi connectivity index (χ4n) is 6.00. The summed E-state index contributed by atoms with van der Waals surface area (Å²) in [6.07, 6.45) is 15.8. The van der Waals surface area contributed by atoms with Crippen molar-refractivity contribution in [2.24, 2.45) is 0 Å². The number of carbonyl (C=O) groups is 1. The molecule has 4 heteroatoms. The number of hydrogen-bond donors (Lipinski definition) is 2. The van der Waals surface area contributed by atoms with Gasteiger partial charge in [-0.25, -0.2) is 0 Å². The number of nitrogens with one attached hydrogen (secondary N) is 1. The van der Waals surface area contributed by atoms with Crippen LogP contribution in [0.4, 0.5) is 11.4 Å². The number of allylic oxidation sites excluding steroid dienone is 5. The second-order valence-electron chi connectivity index (χ2n) is 10.6. The van der Waals surface area contributed by atoms with E-state index in [-0.39, 0.29) is 5.54 Å². The van der Waals surface area contributed by atoms with Crippen LogP contribution in [0.3, 0.4) is 0 Å². The van der Waals surface area contributed by atoms with Crippen molar-refractivity contribution in [3.8, 4) is 0 Å². The lowest BCUT2D eigenvalue weighted by Crippen LogP contribution is -2.45. The monoisotopic (exact) mass is 481 g/mol. The molecule has 0 atom stereocenters. The summed E-state index contributed by atoms with van der Waals surface area (Å²) in [7, 11) is 0. The molecule has 36 heavy (non-hydrogen) atoms. The van der Waals surface area contributed by atoms with Crippen LogP contribution in [0.15, 0.2) is 66.3 Å². The fourth-order valence-corrected chi connectivity index (χ4v) is 6.00. The molecule has 2 fully saturated rings. The first-order valence-electron chi connectivity index (χ1n) is 13.7. The van der Waals surface area contributed by atoms with E-state index in [1.54, 1.807) is 0 Å². The minimum Gasteiger partial charge on any atom is -0.397 e. The molecule has 1 saturated carbocycles. The first kappa shape index (κ1) is 24.4. The molecular formula is C32H39N3O. The molecule has 5 rings (SSSR count). The van der Waals surface area contributed by atoms with Crippen LogP contribution in [-0.2, 0) is 11.3 Å². The second kappa shape index (κ2) is 10.4. The van der Waals surface area contributed by atoms with Crippen LogP contribution in [-0.4, -0.2) is 16.3 Å². The van der Waals surface area contributed by atoms with Crippen molar-refractivity contribution in [1.82, 2.24) is 4.90 Å². The Morgan fingerprint density at radius 3 is 2.42 bits per heavy atom. The third kappa shape index (κ3) is 5.00. The lowest BCUT2D eigenvalue weighted by molar-refractivity contribution is -0.132. The van der Waals surface area contributed by atoms with E-state index in [4.69, 9.17) is 5.73 Å². The van der Waals surface area contributed by atoms with Gasteiger partial charge in [0, 0.05) is 24.2 Å². The van der Waals surface area contributed by atoms with Gasteiger partial charge in [-0.05, 0) is 78.5 Å².